The summed E-state index contributed by atoms with van der Waals surface area (Å²) in [6, 6.07) is 7.22. The smallest absolute Gasteiger partial charge is 0.263 e. The van der Waals surface area contributed by atoms with Gasteiger partial charge in [0, 0.05) is 17.9 Å². The largest absolute Gasteiger partial charge is 0.452 e. The van der Waals surface area contributed by atoms with E-state index in [2.05, 4.69) is 0 Å². The van der Waals surface area contributed by atoms with Crippen molar-refractivity contribution in [2.45, 2.75) is 12.8 Å². The molecule has 19 heavy (non-hydrogen) atoms. The van der Waals surface area contributed by atoms with Gasteiger partial charge in [-0.15, -0.1) is 0 Å². The molecule has 4 nitrogen and oxygen atoms in total. The molecule has 0 atom stereocenters. The number of fused-ring (bicyclic) bond motifs is 1. The van der Waals surface area contributed by atoms with Gasteiger partial charge in [-0.2, -0.15) is 0 Å². The van der Waals surface area contributed by atoms with Crippen molar-refractivity contribution in [3.8, 4) is 0 Å². The molecule has 1 aromatic carbocycles. The highest BCUT2D eigenvalue weighted by molar-refractivity contribution is 6.32. The van der Waals surface area contributed by atoms with Gasteiger partial charge in [-0.05, 0) is 48.2 Å². The Balaban J connectivity index is 2.03. The molecule has 5 heteroatoms. The summed E-state index contributed by atoms with van der Waals surface area (Å²) in [6.07, 6.45) is 3.20. The molecule has 2 heterocycles. The van der Waals surface area contributed by atoms with E-state index in [1.165, 1.54) is 6.26 Å². The molecule has 0 aliphatic carbocycles. The number of carbonyl (C=O) groups is 1. The third kappa shape index (κ3) is 1.98. The Kier molecular flexibility index (Phi) is 2.95. The van der Waals surface area contributed by atoms with Gasteiger partial charge in [0.25, 0.3) is 5.91 Å². The minimum absolute atomic E-state index is 0.126. The van der Waals surface area contributed by atoms with E-state index in [4.69, 9.17) is 21.8 Å². The number of anilines is 2. The highest BCUT2D eigenvalue weighted by atomic mass is 35.5. The van der Waals surface area contributed by atoms with Crippen LogP contribution in [0.4, 0.5) is 11.4 Å². The van der Waals surface area contributed by atoms with E-state index in [0.717, 1.165) is 29.8 Å². The Labute approximate surface area is 115 Å². The van der Waals surface area contributed by atoms with Gasteiger partial charge in [-0.1, -0.05) is 6.07 Å². The number of amides is 1. The standard InChI is InChI=1S/C14H13ClN2O2/c15-13-10(6-8-19-13)14(18)17-7-2-3-9-11(16)4-1-5-12(9)17/h1,4-6,8H,2-3,7,16H2. The fraction of sp³-hybridized carbons (Fsp3) is 0.214. The molecule has 0 saturated heterocycles. The quantitative estimate of drug-likeness (QED) is 0.814. The van der Waals surface area contributed by atoms with Crippen molar-refractivity contribution in [1.29, 1.82) is 0 Å². The second kappa shape index (κ2) is 4.63. The molecular formula is C14H13ClN2O2. The van der Waals surface area contributed by atoms with Gasteiger partial charge in [0.15, 0.2) is 0 Å². The normalized spacial score (nSPS) is 14.3. The first-order valence-electron chi connectivity index (χ1n) is 6.10. The lowest BCUT2D eigenvalue weighted by molar-refractivity contribution is 0.0985. The van der Waals surface area contributed by atoms with Crippen molar-refractivity contribution in [3.05, 3.63) is 46.9 Å². The van der Waals surface area contributed by atoms with Crippen LogP contribution in [0.2, 0.25) is 5.22 Å². The van der Waals surface area contributed by atoms with E-state index < -0.39 is 0 Å². The van der Waals surface area contributed by atoms with Crippen LogP contribution in [0.25, 0.3) is 0 Å². The van der Waals surface area contributed by atoms with Crippen molar-refractivity contribution in [2.75, 3.05) is 17.2 Å². The van der Waals surface area contributed by atoms with E-state index in [1.54, 1.807) is 11.0 Å². The molecule has 0 spiro atoms. The van der Waals surface area contributed by atoms with Crippen LogP contribution in [0.15, 0.2) is 34.9 Å². The topological polar surface area (TPSA) is 59.5 Å². The first kappa shape index (κ1) is 12.1. The summed E-state index contributed by atoms with van der Waals surface area (Å²) in [4.78, 5) is 14.2. The number of nitrogen functional groups attached to an aromatic ring is 1. The second-order valence-corrected chi connectivity index (χ2v) is 4.86. The Bertz CT molecular complexity index is 636. The molecule has 2 N–H and O–H groups in total. The molecule has 0 saturated carbocycles. The number of furan rings is 1. The predicted molar refractivity (Wildman–Crippen MR) is 74.6 cm³/mol. The molecule has 2 aromatic rings. The van der Waals surface area contributed by atoms with Crippen LogP contribution in [-0.2, 0) is 6.42 Å². The highest BCUT2D eigenvalue weighted by Crippen LogP contribution is 2.33. The molecular weight excluding hydrogens is 264 g/mol. The van der Waals surface area contributed by atoms with Crippen LogP contribution >= 0.6 is 11.6 Å². The zero-order valence-electron chi connectivity index (χ0n) is 10.2. The first-order chi connectivity index (χ1) is 9.18. The molecule has 0 radical (unpaired) electrons. The van der Waals surface area contributed by atoms with E-state index in [0.29, 0.717) is 12.1 Å². The van der Waals surface area contributed by atoms with E-state index in [1.807, 2.05) is 18.2 Å². The van der Waals surface area contributed by atoms with Crippen LogP contribution in [0, 0.1) is 0 Å². The van der Waals surface area contributed by atoms with Crippen molar-refractivity contribution >= 4 is 28.9 Å². The molecule has 1 amide bonds. The van der Waals surface area contributed by atoms with Crippen molar-refractivity contribution in [1.82, 2.24) is 0 Å². The highest BCUT2D eigenvalue weighted by Gasteiger charge is 2.26. The lowest BCUT2D eigenvalue weighted by Gasteiger charge is -2.30. The van der Waals surface area contributed by atoms with Crippen molar-refractivity contribution in [2.24, 2.45) is 0 Å². The number of rotatable bonds is 1. The van der Waals surface area contributed by atoms with Crippen molar-refractivity contribution < 1.29 is 9.21 Å². The number of halogens is 1. The van der Waals surface area contributed by atoms with Crippen LogP contribution in [-0.4, -0.2) is 12.5 Å². The van der Waals surface area contributed by atoms with Gasteiger partial charge < -0.3 is 15.1 Å². The van der Waals surface area contributed by atoms with Gasteiger partial charge in [0.1, 0.15) is 0 Å². The van der Waals surface area contributed by atoms with E-state index >= 15 is 0 Å². The maximum absolute atomic E-state index is 12.5. The van der Waals surface area contributed by atoms with Crippen LogP contribution in [0.5, 0.6) is 0 Å². The lowest BCUT2D eigenvalue weighted by atomic mass is 9.99. The van der Waals surface area contributed by atoms with Crippen LogP contribution in [0.3, 0.4) is 0 Å². The average molecular weight is 277 g/mol. The van der Waals surface area contributed by atoms with Gasteiger partial charge in [-0.3, -0.25) is 4.79 Å². The molecule has 0 unspecified atom stereocenters. The number of nitrogens with two attached hydrogens (primary N) is 1. The molecule has 0 fully saturated rings. The summed E-state index contributed by atoms with van der Waals surface area (Å²) < 4.78 is 4.98. The van der Waals surface area contributed by atoms with Crippen molar-refractivity contribution in [3.63, 3.8) is 0 Å². The van der Waals surface area contributed by atoms with Gasteiger partial charge in [-0.25, -0.2) is 0 Å². The second-order valence-electron chi connectivity index (χ2n) is 4.51. The molecule has 1 aliphatic rings. The Morgan fingerprint density at radius 1 is 1.37 bits per heavy atom. The lowest BCUT2D eigenvalue weighted by Crippen LogP contribution is -2.35. The Hall–Kier alpha value is -1.94. The predicted octanol–water partition coefficient (Wildman–Crippen LogP) is 3.11. The molecule has 0 bridgehead atoms. The molecule has 3 rings (SSSR count). The van der Waals surface area contributed by atoms with Gasteiger partial charge >= 0.3 is 0 Å². The molecule has 1 aromatic heterocycles. The monoisotopic (exact) mass is 276 g/mol. The Morgan fingerprint density at radius 3 is 2.95 bits per heavy atom. The third-order valence-electron chi connectivity index (χ3n) is 3.38. The minimum atomic E-state index is -0.148. The van der Waals surface area contributed by atoms with E-state index in [9.17, 15) is 4.79 Å². The number of nitrogens with zero attached hydrogens (tertiary/aromatic N) is 1. The maximum Gasteiger partial charge on any atom is 0.263 e. The fourth-order valence-electron chi connectivity index (χ4n) is 2.45. The van der Waals surface area contributed by atoms with Crippen LogP contribution in [0.1, 0.15) is 22.3 Å². The summed E-state index contributed by atoms with van der Waals surface area (Å²) in [7, 11) is 0. The molecule has 98 valence electrons. The zero-order chi connectivity index (χ0) is 13.4. The fourth-order valence-corrected chi connectivity index (χ4v) is 2.65. The summed E-state index contributed by atoms with van der Waals surface area (Å²) in [5.41, 5.74) is 8.98. The Morgan fingerprint density at radius 2 is 2.21 bits per heavy atom. The van der Waals surface area contributed by atoms with E-state index in [-0.39, 0.29) is 11.1 Å². The first-order valence-corrected chi connectivity index (χ1v) is 6.48. The summed E-state index contributed by atoms with van der Waals surface area (Å²) in [6.45, 7) is 0.663. The summed E-state index contributed by atoms with van der Waals surface area (Å²) in [5.74, 6) is -0.148. The van der Waals surface area contributed by atoms with Crippen LogP contribution < -0.4 is 10.6 Å². The third-order valence-corrected chi connectivity index (χ3v) is 3.67. The number of hydrogen-bond acceptors (Lipinski definition) is 3. The van der Waals surface area contributed by atoms with Gasteiger partial charge in [0.05, 0.1) is 11.8 Å². The SMILES string of the molecule is Nc1cccc2c1CCCN2C(=O)c1ccoc1Cl. The minimum Gasteiger partial charge on any atom is -0.452 e. The molecule has 1 aliphatic heterocycles. The number of carbonyl (C=O) groups excluding carboxylic acids is 1. The summed E-state index contributed by atoms with van der Waals surface area (Å²) >= 11 is 5.87. The van der Waals surface area contributed by atoms with Gasteiger partial charge in [0.2, 0.25) is 5.22 Å². The average Bonchev–Trinajstić information content (AvgIpc) is 2.84. The maximum atomic E-state index is 12.5. The summed E-state index contributed by atoms with van der Waals surface area (Å²) in [5, 5.41) is 0.126. The zero-order valence-corrected chi connectivity index (χ0v) is 11.0. The number of benzene rings is 1. The number of hydrogen-bond donors (Lipinski definition) is 1.